The molecule has 0 aromatic carbocycles. The van der Waals surface area contributed by atoms with Crippen LogP contribution in [0.2, 0.25) is 0 Å². The second-order valence-electron chi connectivity index (χ2n) is 4.43. The minimum absolute atomic E-state index is 0.0527. The fourth-order valence-electron chi connectivity index (χ4n) is 1.68. The van der Waals surface area contributed by atoms with E-state index in [2.05, 4.69) is 15.5 Å². The molecule has 0 bridgehead atoms. The molecule has 0 aliphatic heterocycles. The molecule has 20 heavy (non-hydrogen) atoms. The number of aromatic carboxylic acids is 1. The number of rotatable bonds is 5. The zero-order valence-electron chi connectivity index (χ0n) is 11.1. The van der Waals surface area contributed by atoms with Gasteiger partial charge in [-0.3, -0.25) is 14.2 Å². The molecule has 2 N–H and O–H groups in total. The van der Waals surface area contributed by atoms with Gasteiger partial charge in [0.05, 0.1) is 18.0 Å². The molecule has 1 amide bonds. The minimum atomic E-state index is -1.07. The summed E-state index contributed by atoms with van der Waals surface area (Å²) in [7, 11) is 1.80. The maximum atomic E-state index is 12.0. The first-order valence-electron chi connectivity index (χ1n) is 6.00. The maximum Gasteiger partial charge on any atom is 0.338 e. The van der Waals surface area contributed by atoms with E-state index in [4.69, 9.17) is 5.11 Å². The second-order valence-corrected chi connectivity index (χ2v) is 4.43. The molecular weight excluding hydrogens is 262 g/mol. The van der Waals surface area contributed by atoms with Crippen molar-refractivity contribution in [2.45, 2.75) is 19.5 Å². The molecule has 2 aromatic rings. The van der Waals surface area contributed by atoms with Crippen molar-refractivity contribution >= 4 is 11.9 Å². The van der Waals surface area contributed by atoms with E-state index in [-0.39, 0.29) is 11.5 Å². The van der Waals surface area contributed by atoms with Crippen LogP contribution in [0.25, 0.3) is 0 Å². The molecular formula is C12H15N5O3. The van der Waals surface area contributed by atoms with Gasteiger partial charge in [0, 0.05) is 31.5 Å². The van der Waals surface area contributed by atoms with Gasteiger partial charge in [-0.15, -0.1) is 0 Å². The number of nitrogens with zero attached hydrogens (tertiary/aromatic N) is 4. The highest BCUT2D eigenvalue weighted by Gasteiger charge is 2.17. The zero-order chi connectivity index (χ0) is 14.7. The van der Waals surface area contributed by atoms with Crippen LogP contribution in [-0.4, -0.2) is 36.5 Å². The van der Waals surface area contributed by atoms with Crippen LogP contribution in [0.3, 0.4) is 0 Å². The van der Waals surface area contributed by atoms with Crippen molar-refractivity contribution in [3.05, 3.63) is 35.9 Å². The molecule has 106 valence electrons. The van der Waals surface area contributed by atoms with Crippen molar-refractivity contribution in [1.29, 1.82) is 0 Å². The number of carbonyl (C=O) groups excluding carboxylic acids is 1. The van der Waals surface area contributed by atoms with E-state index in [1.54, 1.807) is 31.0 Å². The van der Waals surface area contributed by atoms with Gasteiger partial charge in [-0.25, -0.2) is 4.79 Å². The molecule has 1 atom stereocenters. The first-order valence-corrected chi connectivity index (χ1v) is 6.00. The Balaban J connectivity index is 1.95. The van der Waals surface area contributed by atoms with Gasteiger partial charge >= 0.3 is 5.97 Å². The topological polar surface area (TPSA) is 102 Å². The van der Waals surface area contributed by atoms with Crippen LogP contribution in [0.5, 0.6) is 0 Å². The van der Waals surface area contributed by atoms with Gasteiger partial charge in [-0.05, 0) is 6.92 Å². The summed E-state index contributed by atoms with van der Waals surface area (Å²) >= 11 is 0. The molecule has 0 radical (unpaired) electrons. The van der Waals surface area contributed by atoms with Crippen molar-refractivity contribution in [3.8, 4) is 0 Å². The predicted molar refractivity (Wildman–Crippen MR) is 69.0 cm³/mol. The highest BCUT2D eigenvalue weighted by molar-refractivity contribution is 5.87. The van der Waals surface area contributed by atoms with Gasteiger partial charge < -0.3 is 10.4 Å². The van der Waals surface area contributed by atoms with Crippen LogP contribution in [0, 0.1) is 0 Å². The van der Waals surface area contributed by atoms with Crippen LogP contribution < -0.4 is 5.32 Å². The molecule has 8 nitrogen and oxygen atoms in total. The van der Waals surface area contributed by atoms with Crippen LogP contribution in [0.1, 0.15) is 28.9 Å². The van der Waals surface area contributed by atoms with Crippen molar-refractivity contribution < 1.29 is 14.7 Å². The number of nitrogens with one attached hydrogen (secondary N) is 1. The molecule has 8 heteroatoms. The van der Waals surface area contributed by atoms with Gasteiger partial charge in [0.15, 0.2) is 0 Å². The largest absolute Gasteiger partial charge is 0.478 e. The number of aromatic nitrogens is 4. The van der Waals surface area contributed by atoms with Crippen LogP contribution in [-0.2, 0) is 18.4 Å². The molecule has 0 saturated heterocycles. The number of carbonyl (C=O) groups is 2. The van der Waals surface area contributed by atoms with Gasteiger partial charge in [-0.1, -0.05) is 0 Å². The summed E-state index contributed by atoms with van der Waals surface area (Å²) in [4.78, 5) is 22.7. The number of hydrogen-bond acceptors (Lipinski definition) is 4. The third-order valence-corrected chi connectivity index (χ3v) is 2.85. The highest BCUT2D eigenvalue weighted by Crippen LogP contribution is 2.07. The molecule has 0 spiro atoms. The number of aryl methyl sites for hydroxylation is 1. The highest BCUT2D eigenvalue weighted by atomic mass is 16.4. The number of amides is 1. The Labute approximate surface area is 115 Å². The van der Waals surface area contributed by atoms with Crippen molar-refractivity contribution in [3.63, 3.8) is 0 Å². The third-order valence-electron chi connectivity index (χ3n) is 2.85. The fourth-order valence-corrected chi connectivity index (χ4v) is 1.68. The summed E-state index contributed by atoms with van der Waals surface area (Å²) < 4.78 is 2.97. The Kier molecular flexibility index (Phi) is 3.83. The number of carboxylic acids is 1. The SMILES string of the molecule is CC(C(=O)NCc1cnn(C)c1)n1cc(C(=O)O)cn1. The van der Waals surface area contributed by atoms with E-state index in [1.165, 1.54) is 17.1 Å². The van der Waals surface area contributed by atoms with Gasteiger partial charge in [0.1, 0.15) is 6.04 Å². The van der Waals surface area contributed by atoms with Gasteiger partial charge in [-0.2, -0.15) is 10.2 Å². The third kappa shape index (κ3) is 3.02. The van der Waals surface area contributed by atoms with E-state index >= 15 is 0 Å². The summed E-state index contributed by atoms with van der Waals surface area (Å²) in [5.41, 5.74) is 0.941. The fraction of sp³-hybridized carbons (Fsp3) is 0.333. The van der Waals surface area contributed by atoms with Crippen molar-refractivity contribution in [2.75, 3.05) is 0 Å². The molecule has 0 aliphatic carbocycles. The minimum Gasteiger partial charge on any atom is -0.478 e. The van der Waals surface area contributed by atoms with Gasteiger partial charge in [0.25, 0.3) is 0 Å². The summed E-state index contributed by atoms with van der Waals surface area (Å²) in [6, 6.07) is -0.584. The first kappa shape index (κ1) is 13.8. The zero-order valence-corrected chi connectivity index (χ0v) is 11.1. The van der Waals surface area contributed by atoms with E-state index in [0.717, 1.165) is 5.56 Å². The lowest BCUT2D eigenvalue weighted by Crippen LogP contribution is -2.30. The lowest BCUT2D eigenvalue weighted by molar-refractivity contribution is -0.124. The van der Waals surface area contributed by atoms with Crippen LogP contribution in [0.15, 0.2) is 24.8 Å². The van der Waals surface area contributed by atoms with Crippen LogP contribution in [0.4, 0.5) is 0 Å². The van der Waals surface area contributed by atoms with Crippen molar-refractivity contribution in [2.24, 2.45) is 7.05 Å². The summed E-state index contributed by atoms with van der Waals surface area (Å²) in [6.45, 7) is 2.02. The molecule has 0 saturated carbocycles. The lowest BCUT2D eigenvalue weighted by Gasteiger charge is -2.11. The summed E-state index contributed by atoms with van der Waals surface area (Å²) in [6.07, 6.45) is 6.02. The molecule has 0 aliphatic rings. The Morgan fingerprint density at radius 3 is 2.65 bits per heavy atom. The van der Waals surface area contributed by atoms with E-state index in [0.29, 0.717) is 6.54 Å². The molecule has 0 fully saturated rings. The Hall–Kier alpha value is -2.64. The quantitative estimate of drug-likeness (QED) is 0.812. The molecule has 2 aromatic heterocycles. The normalized spacial score (nSPS) is 12.1. The maximum absolute atomic E-state index is 12.0. The van der Waals surface area contributed by atoms with Crippen LogP contribution >= 0.6 is 0 Å². The Morgan fingerprint density at radius 1 is 1.35 bits per heavy atom. The Morgan fingerprint density at radius 2 is 2.10 bits per heavy atom. The summed E-state index contributed by atoms with van der Waals surface area (Å²) in [5, 5.41) is 19.4. The van der Waals surface area contributed by atoms with E-state index in [9.17, 15) is 9.59 Å². The first-order chi connectivity index (χ1) is 9.47. The second kappa shape index (κ2) is 5.55. The number of carboxylic acid groups (broad SMARTS) is 1. The predicted octanol–water partition coefficient (Wildman–Crippen LogP) is 0.192. The molecule has 1 unspecified atom stereocenters. The standard InChI is InChI=1S/C12H15N5O3/c1-8(17-7-10(5-15-17)12(19)20)11(18)13-3-9-4-14-16(2)6-9/h4-8H,3H2,1-2H3,(H,13,18)(H,19,20). The molecule has 2 rings (SSSR count). The van der Waals surface area contributed by atoms with Crippen molar-refractivity contribution in [1.82, 2.24) is 24.9 Å². The average Bonchev–Trinajstić information content (AvgIpc) is 3.03. The monoisotopic (exact) mass is 277 g/mol. The van der Waals surface area contributed by atoms with E-state index in [1.807, 2.05) is 0 Å². The summed E-state index contributed by atoms with van der Waals surface area (Å²) in [5.74, 6) is -1.31. The Bertz CT molecular complexity index is 631. The lowest BCUT2D eigenvalue weighted by atomic mass is 10.3. The van der Waals surface area contributed by atoms with Gasteiger partial charge in [0.2, 0.25) is 5.91 Å². The number of hydrogen-bond donors (Lipinski definition) is 2. The smallest absolute Gasteiger partial charge is 0.338 e. The van der Waals surface area contributed by atoms with E-state index < -0.39 is 12.0 Å². The molecule has 2 heterocycles. The average molecular weight is 277 g/mol.